The quantitative estimate of drug-likeness (QED) is 0.515. The number of likely N-dealkylation sites (tertiary alicyclic amines) is 1. The molecule has 0 spiro atoms. The molecule has 0 bridgehead atoms. The molecule has 1 fully saturated rings. The van der Waals surface area contributed by atoms with Crippen LogP contribution >= 0.6 is 0 Å². The lowest BCUT2D eigenvalue weighted by atomic mass is 9.80. The monoisotopic (exact) mass is 402 g/mol. The maximum absolute atomic E-state index is 5.75. The molecule has 3 aromatic heterocycles. The SMILES string of the molecule is Cc1cc(C)n2ncc(-c3noc(C4(C)CCN(Cc5ccccc5)CC4)n3)c2n1. The van der Waals surface area contributed by atoms with E-state index in [9.17, 15) is 0 Å². The van der Waals surface area contributed by atoms with Gasteiger partial charge in [0.15, 0.2) is 5.65 Å². The summed E-state index contributed by atoms with van der Waals surface area (Å²) in [5.41, 5.74) is 4.80. The summed E-state index contributed by atoms with van der Waals surface area (Å²) < 4.78 is 7.57. The first-order valence-electron chi connectivity index (χ1n) is 10.4. The highest BCUT2D eigenvalue weighted by Crippen LogP contribution is 2.35. The summed E-state index contributed by atoms with van der Waals surface area (Å²) in [6.07, 6.45) is 3.76. The van der Waals surface area contributed by atoms with Gasteiger partial charge in [0.1, 0.15) is 0 Å². The zero-order valence-corrected chi connectivity index (χ0v) is 17.7. The Labute approximate surface area is 175 Å². The average Bonchev–Trinajstić information content (AvgIpc) is 3.38. The Bertz CT molecular complexity index is 1170. The highest BCUT2D eigenvalue weighted by atomic mass is 16.5. The Balaban J connectivity index is 1.35. The van der Waals surface area contributed by atoms with Crippen molar-refractivity contribution in [2.45, 2.75) is 45.6 Å². The van der Waals surface area contributed by atoms with Crippen LogP contribution in [-0.2, 0) is 12.0 Å². The fourth-order valence-corrected chi connectivity index (χ4v) is 4.27. The van der Waals surface area contributed by atoms with Crippen LogP contribution in [0.5, 0.6) is 0 Å². The largest absolute Gasteiger partial charge is 0.338 e. The van der Waals surface area contributed by atoms with E-state index in [0.717, 1.165) is 55.1 Å². The zero-order valence-electron chi connectivity index (χ0n) is 17.7. The average molecular weight is 403 g/mol. The van der Waals surface area contributed by atoms with Crippen molar-refractivity contribution in [3.05, 3.63) is 65.4 Å². The van der Waals surface area contributed by atoms with Crippen LogP contribution in [-0.4, -0.2) is 42.7 Å². The van der Waals surface area contributed by atoms with Gasteiger partial charge in [0.2, 0.25) is 11.7 Å². The third-order valence-electron chi connectivity index (χ3n) is 6.17. The number of aryl methyl sites for hydroxylation is 2. The minimum atomic E-state index is -0.110. The standard InChI is InChI=1S/C23H26N6O/c1-16-13-17(2)29-21(25-16)19(14-24-29)20-26-22(30-27-20)23(3)9-11-28(12-10-23)15-18-7-5-4-6-8-18/h4-8,13-14H,9-12,15H2,1-3H3. The van der Waals surface area contributed by atoms with Crippen molar-refractivity contribution in [1.29, 1.82) is 0 Å². The maximum atomic E-state index is 5.75. The number of fused-ring (bicyclic) bond motifs is 1. The summed E-state index contributed by atoms with van der Waals surface area (Å²) in [7, 11) is 0. The number of hydrogen-bond donors (Lipinski definition) is 0. The first-order chi connectivity index (χ1) is 14.5. The second kappa shape index (κ2) is 7.32. The van der Waals surface area contributed by atoms with Gasteiger partial charge in [-0.3, -0.25) is 4.90 Å². The lowest BCUT2D eigenvalue weighted by Gasteiger charge is -2.36. The topological polar surface area (TPSA) is 72.3 Å². The van der Waals surface area contributed by atoms with E-state index in [1.54, 1.807) is 6.20 Å². The molecule has 1 saturated heterocycles. The molecule has 0 unspecified atom stereocenters. The van der Waals surface area contributed by atoms with E-state index < -0.39 is 0 Å². The molecule has 5 rings (SSSR count). The molecular weight excluding hydrogens is 376 g/mol. The molecule has 0 aliphatic carbocycles. The lowest BCUT2D eigenvalue weighted by molar-refractivity contribution is 0.137. The molecule has 7 nitrogen and oxygen atoms in total. The molecule has 1 aliphatic rings. The van der Waals surface area contributed by atoms with Gasteiger partial charge in [0.05, 0.1) is 11.8 Å². The molecule has 4 aromatic rings. The number of benzene rings is 1. The van der Waals surface area contributed by atoms with E-state index >= 15 is 0 Å². The highest BCUT2D eigenvalue weighted by molar-refractivity contribution is 5.72. The minimum absolute atomic E-state index is 0.110. The summed E-state index contributed by atoms with van der Waals surface area (Å²) in [5.74, 6) is 1.27. The second-order valence-corrected chi connectivity index (χ2v) is 8.58. The van der Waals surface area contributed by atoms with Gasteiger partial charge in [-0.2, -0.15) is 10.1 Å². The van der Waals surface area contributed by atoms with Crippen LogP contribution in [0.2, 0.25) is 0 Å². The first-order valence-corrected chi connectivity index (χ1v) is 10.4. The van der Waals surface area contributed by atoms with Crippen molar-refractivity contribution in [3.8, 4) is 11.4 Å². The van der Waals surface area contributed by atoms with Gasteiger partial charge < -0.3 is 4.52 Å². The van der Waals surface area contributed by atoms with Gasteiger partial charge in [-0.15, -0.1) is 0 Å². The molecule has 1 aromatic carbocycles. The summed E-state index contributed by atoms with van der Waals surface area (Å²) >= 11 is 0. The summed E-state index contributed by atoms with van der Waals surface area (Å²) in [6.45, 7) is 9.24. The molecule has 0 amide bonds. The zero-order chi connectivity index (χ0) is 20.7. The molecule has 7 heteroatoms. The van der Waals surface area contributed by atoms with Gasteiger partial charge in [-0.1, -0.05) is 42.4 Å². The van der Waals surface area contributed by atoms with Crippen LogP contribution in [0.1, 0.15) is 42.6 Å². The molecular formula is C23H26N6O. The summed E-state index contributed by atoms with van der Waals surface area (Å²) in [4.78, 5) is 11.9. The van der Waals surface area contributed by atoms with E-state index in [-0.39, 0.29) is 5.41 Å². The normalized spacial score (nSPS) is 16.9. The molecule has 30 heavy (non-hydrogen) atoms. The minimum Gasteiger partial charge on any atom is -0.338 e. The lowest BCUT2D eigenvalue weighted by Crippen LogP contribution is -2.40. The maximum Gasteiger partial charge on any atom is 0.233 e. The van der Waals surface area contributed by atoms with Crippen LogP contribution in [0.15, 0.2) is 47.1 Å². The van der Waals surface area contributed by atoms with Gasteiger partial charge in [-0.25, -0.2) is 9.50 Å². The molecule has 4 heterocycles. The van der Waals surface area contributed by atoms with Crippen molar-refractivity contribution in [1.82, 2.24) is 29.6 Å². The van der Waals surface area contributed by atoms with E-state index in [4.69, 9.17) is 9.51 Å². The van der Waals surface area contributed by atoms with Crippen LogP contribution in [0, 0.1) is 13.8 Å². The molecule has 154 valence electrons. The summed E-state index contributed by atoms with van der Waals surface area (Å²) in [6, 6.07) is 12.6. The van der Waals surface area contributed by atoms with Crippen LogP contribution < -0.4 is 0 Å². The van der Waals surface area contributed by atoms with Crippen molar-refractivity contribution in [2.75, 3.05) is 13.1 Å². The Hall–Kier alpha value is -3.06. The van der Waals surface area contributed by atoms with Gasteiger partial charge in [0, 0.05) is 23.3 Å². The van der Waals surface area contributed by atoms with E-state index in [1.165, 1.54) is 5.56 Å². The predicted octanol–water partition coefficient (Wildman–Crippen LogP) is 3.95. The third kappa shape index (κ3) is 3.39. The predicted molar refractivity (Wildman–Crippen MR) is 114 cm³/mol. The van der Waals surface area contributed by atoms with Crippen molar-refractivity contribution in [2.24, 2.45) is 0 Å². The van der Waals surface area contributed by atoms with Crippen LogP contribution in [0.4, 0.5) is 0 Å². The Morgan fingerprint density at radius 3 is 2.60 bits per heavy atom. The van der Waals surface area contributed by atoms with E-state index in [0.29, 0.717) is 11.7 Å². The Morgan fingerprint density at radius 2 is 1.83 bits per heavy atom. The van der Waals surface area contributed by atoms with Crippen LogP contribution in [0.3, 0.4) is 0 Å². The summed E-state index contributed by atoms with van der Waals surface area (Å²) in [5, 5.41) is 8.73. The van der Waals surface area contributed by atoms with Crippen LogP contribution in [0.25, 0.3) is 17.0 Å². The number of piperidine rings is 1. The van der Waals surface area contributed by atoms with E-state index in [1.807, 2.05) is 24.4 Å². The molecule has 0 atom stereocenters. The van der Waals surface area contributed by atoms with Gasteiger partial charge >= 0.3 is 0 Å². The van der Waals surface area contributed by atoms with Crippen molar-refractivity contribution >= 4 is 5.65 Å². The second-order valence-electron chi connectivity index (χ2n) is 8.58. The molecule has 0 radical (unpaired) electrons. The Morgan fingerprint density at radius 1 is 1.07 bits per heavy atom. The number of aromatic nitrogens is 5. The fraction of sp³-hybridized carbons (Fsp3) is 0.391. The molecule has 0 N–H and O–H groups in total. The fourth-order valence-electron chi connectivity index (χ4n) is 4.27. The molecule has 0 saturated carbocycles. The van der Waals surface area contributed by atoms with Crippen molar-refractivity contribution < 1.29 is 4.52 Å². The van der Waals surface area contributed by atoms with Gasteiger partial charge in [-0.05, 0) is 51.4 Å². The van der Waals surface area contributed by atoms with E-state index in [2.05, 4.69) is 57.4 Å². The third-order valence-corrected chi connectivity index (χ3v) is 6.17. The number of nitrogens with zero attached hydrogens (tertiary/aromatic N) is 6. The smallest absolute Gasteiger partial charge is 0.233 e. The number of rotatable bonds is 4. The Kier molecular flexibility index (Phi) is 4.62. The number of hydrogen-bond acceptors (Lipinski definition) is 6. The molecule has 1 aliphatic heterocycles. The van der Waals surface area contributed by atoms with Crippen molar-refractivity contribution in [3.63, 3.8) is 0 Å². The first kappa shape index (κ1) is 18.9. The highest BCUT2D eigenvalue weighted by Gasteiger charge is 2.37. The van der Waals surface area contributed by atoms with Gasteiger partial charge in [0.25, 0.3) is 0 Å².